The lowest BCUT2D eigenvalue weighted by atomic mass is 10.0. The van der Waals surface area contributed by atoms with Crippen LogP contribution in [0.15, 0.2) is 36.4 Å². The highest BCUT2D eigenvalue weighted by molar-refractivity contribution is 6.35. The summed E-state index contributed by atoms with van der Waals surface area (Å²) >= 11 is 0. The summed E-state index contributed by atoms with van der Waals surface area (Å²) < 4.78 is 48.9. The van der Waals surface area contributed by atoms with Crippen molar-refractivity contribution in [3.63, 3.8) is 0 Å². The molecule has 25 heavy (non-hydrogen) atoms. The van der Waals surface area contributed by atoms with E-state index in [-0.39, 0.29) is 11.3 Å². The van der Waals surface area contributed by atoms with E-state index >= 15 is 0 Å². The summed E-state index contributed by atoms with van der Waals surface area (Å²) in [7, 11) is 3.00. The van der Waals surface area contributed by atoms with Gasteiger partial charge in [-0.1, -0.05) is 6.07 Å². The zero-order valence-corrected chi connectivity index (χ0v) is 13.4. The quantitative estimate of drug-likeness (QED) is 0.844. The van der Waals surface area contributed by atoms with Crippen LogP contribution in [0.2, 0.25) is 0 Å². The van der Waals surface area contributed by atoms with Gasteiger partial charge in [-0.05, 0) is 36.4 Å². The molecule has 1 N–H and O–H groups in total. The summed E-state index contributed by atoms with van der Waals surface area (Å²) in [6.07, 6.45) is -2.90. The van der Waals surface area contributed by atoms with Crippen molar-refractivity contribution in [2.75, 3.05) is 19.5 Å². The third-order valence-corrected chi connectivity index (χ3v) is 3.87. The van der Waals surface area contributed by atoms with Gasteiger partial charge in [0.1, 0.15) is 11.5 Å². The summed E-state index contributed by atoms with van der Waals surface area (Å²) in [5, 5.41) is 2.47. The molecule has 0 bridgehead atoms. The van der Waals surface area contributed by atoms with Crippen molar-refractivity contribution in [1.82, 2.24) is 0 Å². The van der Waals surface area contributed by atoms with E-state index in [9.17, 15) is 18.0 Å². The Morgan fingerprint density at radius 2 is 1.80 bits per heavy atom. The number of benzene rings is 2. The first kappa shape index (κ1) is 16.9. The Balaban J connectivity index is 2.09. The number of carbonyl (C=O) groups is 1. The normalized spacial score (nSPS) is 15.1. The number of carbonyl (C=O) groups excluding carboxylic acids is 1. The van der Waals surface area contributed by atoms with Gasteiger partial charge < -0.3 is 14.8 Å². The molecule has 7 heteroatoms. The highest BCUT2D eigenvalue weighted by atomic mass is 19.4. The van der Waals surface area contributed by atoms with Gasteiger partial charge in [-0.2, -0.15) is 13.2 Å². The number of halogens is 3. The summed E-state index contributed by atoms with van der Waals surface area (Å²) in [4.78, 5) is 12.2. The second-order valence-corrected chi connectivity index (χ2v) is 5.38. The lowest BCUT2D eigenvalue weighted by Crippen LogP contribution is -2.06. The number of methoxy groups -OCH3 is 2. The minimum Gasteiger partial charge on any atom is -0.497 e. The largest absolute Gasteiger partial charge is 0.497 e. The second kappa shape index (κ2) is 6.16. The number of nitrogens with one attached hydrogen (secondary N) is 1. The Hall–Kier alpha value is -2.96. The van der Waals surface area contributed by atoms with Crippen molar-refractivity contribution < 1.29 is 27.4 Å². The van der Waals surface area contributed by atoms with Crippen LogP contribution >= 0.6 is 0 Å². The standard InChI is InChI=1S/C18H14F3NO3/c1-24-12-4-6-16(25-2)10(7-12)8-14-13-5-3-11(18(19,20)21)9-15(13)22-17(14)23/h3-9H,1-2H3,(H,22,23)/b14-8+. The summed E-state index contributed by atoms with van der Waals surface area (Å²) in [5.41, 5.74) is 0.567. The number of rotatable bonds is 3. The van der Waals surface area contributed by atoms with E-state index in [0.29, 0.717) is 22.6 Å². The molecule has 1 heterocycles. The third kappa shape index (κ3) is 3.17. The predicted molar refractivity (Wildman–Crippen MR) is 87.5 cm³/mol. The molecule has 0 aromatic heterocycles. The first-order valence-electron chi connectivity index (χ1n) is 7.30. The van der Waals surface area contributed by atoms with Crippen LogP contribution in [0.25, 0.3) is 11.6 Å². The van der Waals surface area contributed by atoms with Crippen molar-refractivity contribution in [2.24, 2.45) is 0 Å². The fraction of sp³-hybridized carbons (Fsp3) is 0.167. The first-order chi connectivity index (χ1) is 11.8. The van der Waals surface area contributed by atoms with Crippen molar-refractivity contribution in [3.05, 3.63) is 53.1 Å². The molecule has 0 radical (unpaired) electrons. The third-order valence-electron chi connectivity index (χ3n) is 3.87. The Labute approximate surface area is 141 Å². The number of hydrogen-bond donors (Lipinski definition) is 1. The lowest BCUT2D eigenvalue weighted by Gasteiger charge is -2.09. The molecule has 0 spiro atoms. The molecule has 0 atom stereocenters. The Morgan fingerprint density at radius 1 is 1.04 bits per heavy atom. The first-order valence-corrected chi connectivity index (χ1v) is 7.30. The highest BCUT2D eigenvalue weighted by Crippen LogP contribution is 2.39. The van der Waals surface area contributed by atoms with Crippen molar-refractivity contribution in [1.29, 1.82) is 0 Å². The van der Waals surface area contributed by atoms with Gasteiger partial charge >= 0.3 is 6.18 Å². The molecule has 0 fully saturated rings. The van der Waals surface area contributed by atoms with E-state index in [1.54, 1.807) is 24.3 Å². The maximum Gasteiger partial charge on any atom is 0.416 e. The fourth-order valence-electron chi connectivity index (χ4n) is 2.62. The Morgan fingerprint density at radius 3 is 2.44 bits per heavy atom. The van der Waals surface area contributed by atoms with Crippen molar-refractivity contribution >= 4 is 23.2 Å². The van der Waals surface area contributed by atoms with Gasteiger partial charge in [0.05, 0.1) is 19.8 Å². The van der Waals surface area contributed by atoms with E-state index in [4.69, 9.17) is 9.47 Å². The van der Waals surface area contributed by atoms with Gasteiger partial charge in [0.25, 0.3) is 5.91 Å². The van der Waals surface area contributed by atoms with Crippen LogP contribution in [-0.4, -0.2) is 20.1 Å². The van der Waals surface area contributed by atoms with Gasteiger partial charge in [-0.25, -0.2) is 0 Å². The van der Waals surface area contributed by atoms with E-state index in [1.807, 2.05) is 0 Å². The number of fused-ring (bicyclic) bond motifs is 1. The molecule has 130 valence electrons. The summed E-state index contributed by atoms with van der Waals surface area (Å²) in [5.74, 6) is 0.611. The van der Waals surface area contributed by atoms with Crippen molar-refractivity contribution in [2.45, 2.75) is 6.18 Å². The van der Waals surface area contributed by atoms with Gasteiger partial charge in [0.2, 0.25) is 0 Å². The zero-order valence-electron chi connectivity index (χ0n) is 13.4. The molecule has 1 amide bonds. The molecular formula is C18H14F3NO3. The number of alkyl halides is 3. The minimum absolute atomic E-state index is 0.132. The predicted octanol–water partition coefficient (Wildman–Crippen LogP) is 4.22. The molecule has 1 aliphatic heterocycles. The van der Waals surface area contributed by atoms with Crippen molar-refractivity contribution in [3.8, 4) is 11.5 Å². The maximum absolute atomic E-state index is 12.8. The number of hydrogen-bond acceptors (Lipinski definition) is 3. The molecule has 0 saturated carbocycles. The van der Waals surface area contributed by atoms with E-state index in [2.05, 4.69) is 5.32 Å². The molecule has 4 nitrogen and oxygen atoms in total. The average Bonchev–Trinajstić information content (AvgIpc) is 2.89. The van der Waals surface area contributed by atoms with Gasteiger partial charge in [-0.15, -0.1) is 0 Å². The smallest absolute Gasteiger partial charge is 0.416 e. The molecule has 0 unspecified atom stereocenters. The zero-order chi connectivity index (χ0) is 18.2. The molecular weight excluding hydrogens is 335 g/mol. The van der Waals surface area contributed by atoms with Gasteiger partial charge in [0, 0.05) is 22.4 Å². The Kier molecular flexibility index (Phi) is 4.16. The SMILES string of the molecule is COc1ccc(OC)c(/C=C2/C(=O)Nc3cc(C(F)(F)F)ccc32)c1. The van der Waals surface area contributed by atoms with Crippen LogP contribution in [-0.2, 0) is 11.0 Å². The minimum atomic E-state index is -4.47. The maximum atomic E-state index is 12.8. The van der Waals surface area contributed by atoms with Gasteiger partial charge in [0.15, 0.2) is 0 Å². The molecule has 0 saturated heterocycles. The van der Waals surface area contributed by atoms with E-state index in [0.717, 1.165) is 12.1 Å². The summed E-state index contributed by atoms with van der Waals surface area (Å²) in [6.45, 7) is 0. The summed E-state index contributed by atoms with van der Waals surface area (Å²) in [6, 6.07) is 8.24. The van der Waals surface area contributed by atoms with Crippen LogP contribution < -0.4 is 14.8 Å². The monoisotopic (exact) mass is 349 g/mol. The van der Waals surface area contributed by atoms with Crippen LogP contribution in [0, 0.1) is 0 Å². The fourth-order valence-corrected chi connectivity index (χ4v) is 2.62. The van der Waals surface area contributed by atoms with E-state index in [1.165, 1.54) is 20.3 Å². The average molecular weight is 349 g/mol. The number of ether oxygens (including phenoxy) is 2. The highest BCUT2D eigenvalue weighted by Gasteiger charge is 2.33. The van der Waals surface area contributed by atoms with Gasteiger partial charge in [-0.3, -0.25) is 4.79 Å². The molecule has 2 aromatic rings. The Bertz CT molecular complexity index is 872. The van der Waals surface area contributed by atoms with Crippen LogP contribution in [0.3, 0.4) is 0 Å². The lowest BCUT2D eigenvalue weighted by molar-refractivity contribution is -0.137. The topological polar surface area (TPSA) is 47.6 Å². The molecule has 3 rings (SSSR count). The van der Waals surface area contributed by atoms with Crippen LogP contribution in [0.4, 0.5) is 18.9 Å². The second-order valence-electron chi connectivity index (χ2n) is 5.38. The molecule has 1 aliphatic rings. The molecule has 0 aliphatic carbocycles. The van der Waals surface area contributed by atoms with E-state index < -0.39 is 17.6 Å². The number of anilines is 1. The molecule has 2 aromatic carbocycles. The number of amides is 1. The van der Waals surface area contributed by atoms with Crippen LogP contribution in [0.5, 0.6) is 11.5 Å². The van der Waals surface area contributed by atoms with Crippen LogP contribution in [0.1, 0.15) is 16.7 Å².